The topological polar surface area (TPSA) is 46.0 Å². The SMILES string of the molecule is OC(c1cncnc1)c1cccc(Cl)c1F. The Kier molecular flexibility index (Phi) is 3.12. The lowest BCUT2D eigenvalue weighted by atomic mass is 10.0. The first-order valence-corrected chi connectivity index (χ1v) is 4.95. The van der Waals surface area contributed by atoms with Gasteiger partial charge in [0.15, 0.2) is 0 Å². The highest BCUT2D eigenvalue weighted by molar-refractivity contribution is 6.30. The average molecular weight is 239 g/mol. The van der Waals surface area contributed by atoms with Crippen molar-refractivity contribution in [3.63, 3.8) is 0 Å². The van der Waals surface area contributed by atoms with Crippen LogP contribution in [0.4, 0.5) is 4.39 Å². The zero-order valence-electron chi connectivity index (χ0n) is 8.14. The molecule has 0 bridgehead atoms. The average Bonchev–Trinajstić information content (AvgIpc) is 2.33. The molecule has 0 aliphatic carbocycles. The molecule has 0 aliphatic heterocycles. The number of aliphatic hydroxyl groups is 1. The normalized spacial score (nSPS) is 12.4. The Morgan fingerprint density at radius 3 is 2.62 bits per heavy atom. The van der Waals surface area contributed by atoms with Crippen LogP contribution in [-0.2, 0) is 0 Å². The first kappa shape index (κ1) is 11.0. The molecule has 0 fully saturated rings. The summed E-state index contributed by atoms with van der Waals surface area (Å²) in [6.07, 6.45) is 3.08. The summed E-state index contributed by atoms with van der Waals surface area (Å²) >= 11 is 5.63. The molecule has 1 atom stereocenters. The van der Waals surface area contributed by atoms with E-state index in [2.05, 4.69) is 9.97 Å². The van der Waals surface area contributed by atoms with Crippen LogP contribution in [0.25, 0.3) is 0 Å². The van der Waals surface area contributed by atoms with Crippen LogP contribution < -0.4 is 0 Å². The molecule has 2 rings (SSSR count). The minimum absolute atomic E-state index is 0.0200. The number of hydrogen-bond acceptors (Lipinski definition) is 3. The number of rotatable bonds is 2. The Morgan fingerprint density at radius 2 is 1.94 bits per heavy atom. The molecular formula is C11H8ClFN2O. The number of aromatic nitrogens is 2. The van der Waals surface area contributed by atoms with Crippen LogP contribution in [0, 0.1) is 5.82 Å². The van der Waals surface area contributed by atoms with Gasteiger partial charge in [-0.3, -0.25) is 0 Å². The molecule has 0 saturated carbocycles. The standard InChI is InChI=1S/C11H8ClFN2O/c12-9-3-1-2-8(10(9)13)11(16)7-4-14-6-15-5-7/h1-6,11,16H. The molecular weight excluding hydrogens is 231 g/mol. The molecule has 5 heteroatoms. The van der Waals surface area contributed by atoms with Gasteiger partial charge in [-0.2, -0.15) is 0 Å². The second kappa shape index (κ2) is 4.55. The zero-order chi connectivity index (χ0) is 11.5. The van der Waals surface area contributed by atoms with E-state index in [-0.39, 0.29) is 10.6 Å². The van der Waals surface area contributed by atoms with Gasteiger partial charge in [0.25, 0.3) is 0 Å². The fraction of sp³-hybridized carbons (Fsp3) is 0.0909. The maximum Gasteiger partial charge on any atom is 0.147 e. The largest absolute Gasteiger partial charge is 0.383 e. The van der Waals surface area contributed by atoms with E-state index >= 15 is 0 Å². The lowest BCUT2D eigenvalue weighted by molar-refractivity contribution is 0.214. The maximum absolute atomic E-state index is 13.6. The van der Waals surface area contributed by atoms with Crippen LogP contribution in [0.3, 0.4) is 0 Å². The van der Waals surface area contributed by atoms with E-state index in [9.17, 15) is 9.50 Å². The van der Waals surface area contributed by atoms with Gasteiger partial charge in [0.05, 0.1) is 5.02 Å². The lowest BCUT2D eigenvalue weighted by Crippen LogP contribution is -2.03. The molecule has 1 unspecified atom stereocenters. The summed E-state index contributed by atoms with van der Waals surface area (Å²) in [5.41, 5.74) is 0.533. The molecule has 0 radical (unpaired) electrons. The molecule has 1 aromatic heterocycles. The van der Waals surface area contributed by atoms with Gasteiger partial charge in [-0.15, -0.1) is 0 Å². The van der Waals surface area contributed by atoms with Crippen molar-refractivity contribution in [2.45, 2.75) is 6.10 Å². The van der Waals surface area contributed by atoms with Gasteiger partial charge in [-0.05, 0) is 6.07 Å². The minimum Gasteiger partial charge on any atom is -0.383 e. The second-order valence-electron chi connectivity index (χ2n) is 3.22. The first-order valence-electron chi connectivity index (χ1n) is 4.57. The molecule has 0 amide bonds. The van der Waals surface area contributed by atoms with Gasteiger partial charge in [-0.1, -0.05) is 23.7 Å². The van der Waals surface area contributed by atoms with Crippen molar-refractivity contribution in [1.82, 2.24) is 9.97 Å². The fourth-order valence-electron chi connectivity index (χ4n) is 1.36. The summed E-state index contributed by atoms with van der Waals surface area (Å²) in [5.74, 6) is -0.625. The number of nitrogens with zero attached hydrogens (tertiary/aromatic N) is 2. The van der Waals surface area contributed by atoms with E-state index in [1.54, 1.807) is 6.07 Å². The smallest absolute Gasteiger partial charge is 0.147 e. The summed E-state index contributed by atoms with van der Waals surface area (Å²) in [7, 11) is 0. The number of hydrogen-bond donors (Lipinski definition) is 1. The highest BCUT2D eigenvalue weighted by Gasteiger charge is 2.16. The van der Waals surface area contributed by atoms with Crippen molar-refractivity contribution in [3.8, 4) is 0 Å². The highest BCUT2D eigenvalue weighted by atomic mass is 35.5. The Morgan fingerprint density at radius 1 is 1.25 bits per heavy atom. The van der Waals surface area contributed by atoms with Gasteiger partial charge in [0.2, 0.25) is 0 Å². The lowest BCUT2D eigenvalue weighted by Gasteiger charge is -2.11. The van der Waals surface area contributed by atoms with Crippen LogP contribution in [-0.4, -0.2) is 15.1 Å². The maximum atomic E-state index is 13.6. The van der Waals surface area contributed by atoms with Crippen LogP contribution in [0.2, 0.25) is 5.02 Å². The minimum atomic E-state index is -1.11. The summed E-state index contributed by atoms with van der Waals surface area (Å²) in [6.45, 7) is 0. The third kappa shape index (κ3) is 2.03. The predicted molar refractivity (Wildman–Crippen MR) is 57.5 cm³/mol. The van der Waals surface area contributed by atoms with Crippen molar-refractivity contribution >= 4 is 11.6 Å². The van der Waals surface area contributed by atoms with Crippen LogP contribution in [0.15, 0.2) is 36.9 Å². The third-order valence-electron chi connectivity index (χ3n) is 2.17. The van der Waals surface area contributed by atoms with E-state index in [4.69, 9.17) is 11.6 Å². The molecule has 2 aromatic rings. The summed E-state index contributed by atoms with van der Waals surface area (Å²) < 4.78 is 13.6. The molecule has 1 heterocycles. The Balaban J connectivity index is 2.42. The molecule has 1 N–H and O–H groups in total. The Hall–Kier alpha value is -1.52. The van der Waals surface area contributed by atoms with Crippen molar-refractivity contribution < 1.29 is 9.50 Å². The molecule has 1 aromatic carbocycles. The van der Waals surface area contributed by atoms with Gasteiger partial charge < -0.3 is 5.11 Å². The van der Waals surface area contributed by atoms with Crippen LogP contribution >= 0.6 is 11.6 Å². The highest BCUT2D eigenvalue weighted by Crippen LogP contribution is 2.27. The predicted octanol–water partition coefficient (Wildman–Crippen LogP) is 2.35. The van der Waals surface area contributed by atoms with E-state index in [0.717, 1.165) is 0 Å². The van der Waals surface area contributed by atoms with Gasteiger partial charge in [0, 0.05) is 23.5 Å². The van der Waals surface area contributed by atoms with Gasteiger partial charge >= 0.3 is 0 Å². The van der Waals surface area contributed by atoms with E-state index < -0.39 is 11.9 Å². The fourth-order valence-corrected chi connectivity index (χ4v) is 1.54. The Labute approximate surface area is 96.6 Å². The van der Waals surface area contributed by atoms with Gasteiger partial charge in [0.1, 0.15) is 18.2 Å². The van der Waals surface area contributed by atoms with Crippen molar-refractivity contribution in [3.05, 3.63) is 58.9 Å². The quantitative estimate of drug-likeness (QED) is 0.874. The molecule has 0 spiro atoms. The molecule has 16 heavy (non-hydrogen) atoms. The van der Waals surface area contributed by atoms with Crippen molar-refractivity contribution in [2.24, 2.45) is 0 Å². The zero-order valence-corrected chi connectivity index (χ0v) is 8.89. The first-order chi connectivity index (χ1) is 7.70. The number of halogens is 2. The summed E-state index contributed by atoms with van der Waals surface area (Å²) in [6, 6.07) is 4.47. The molecule has 0 aliphatic rings. The molecule has 82 valence electrons. The van der Waals surface area contributed by atoms with Crippen molar-refractivity contribution in [1.29, 1.82) is 0 Å². The molecule has 0 saturated heterocycles. The summed E-state index contributed by atoms with van der Waals surface area (Å²) in [5, 5.41) is 9.90. The van der Waals surface area contributed by atoms with E-state index in [0.29, 0.717) is 5.56 Å². The Bertz CT molecular complexity index is 493. The van der Waals surface area contributed by atoms with Crippen molar-refractivity contribution in [2.75, 3.05) is 0 Å². The van der Waals surface area contributed by atoms with Gasteiger partial charge in [-0.25, -0.2) is 14.4 Å². The van der Waals surface area contributed by atoms with Crippen LogP contribution in [0.1, 0.15) is 17.2 Å². The number of benzene rings is 1. The van der Waals surface area contributed by atoms with Crippen LogP contribution in [0.5, 0.6) is 0 Å². The monoisotopic (exact) mass is 238 g/mol. The summed E-state index contributed by atoms with van der Waals surface area (Å²) in [4.78, 5) is 7.51. The van der Waals surface area contributed by atoms with E-state index in [1.807, 2.05) is 0 Å². The van der Waals surface area contributed by atoms with E-state index in [1.165, 1.54) is 30.9 Å². The second-order valence-corrected chi connectivity index (χ2v) is 3.62. The third-order valence-corrected chi connectivity index (χ3v) is 2.46. The number of aliphatic hydroxyl groups excluding tert-OH is 1. The molecule has 3 nitrogen and oxygen atoms in total.